The Labute approximate surface area is 420 Å². The second-order valence-corrected chi connectivity index (χ2v) is 23.4. The van der Waals surface area contributed by atoms with Crippen molar-refractivity contribution < 1.29 is 45.4 Å². The molecule has 0 aliphatic heterocycles. The standard InChI is InChI=1S/2C29H46NO2.H2O4S/c2*1-10-30(11-2,12-3)21-27(32-26-19-15-24(16-20-26)29(7,8)9)22-31-25-17-13-23(14-18-25)28(4,5)6;1-5(2,3)4/h2*13-20,27H,10-12,21-22H2,1-9H3;(H2,1,2,3,4)/q2*+1;/p-2. The molecule has 0 aliphatic rings. The van der Waals surface area contributed by atoms with Crippen LogP contribution in [-0.4, -0.2) is 104 Å². The maximum absolute atomic E-state index is 8.52. The molecule has 10 nitrogen and oxygen atoms in total. The second-order valence-electron chi connectivity index (χ2n) is 22.6. The topological polar surface area (TPSA) is 117 Å². The van der Waals surface area contributed by atoms with E-state index < -0.39 is 10.4 Å². The number of benzene rings is 4. The molecule has 0 spiro atoms. The Hall–Kier alpha value is -4.13. The summed E-state index contributed by atoms with van der Waals surface area (Å²) in [4.78, 5) is 0. The monoisotopic (exact) mass is 977 g/mol. The van der Waals surface area contributed by atoms with Gasteiger partial charge in [0.15, 0.2) is 12.2 Å². The molecule has 4 aromatic carbocycles. The van der Waals surface area contributed by atoms with Crippen LogP contribution in [-0.2, 0) is 32.1 Å². The van der Waals surface area contributed by atoms with Crippen molar-refractivity contribution in [2.75, 3.05) is 65.6 Å². The molecule has 4 rings (SSSR count). The summed E-state index contributed by atoms with van der Waals surface area (Å²) in [5, 5.41) is 0. The number of ether oxygens (including phenoxy) is 4. The Morgan fingerprint density at radius 2 is 0.580 bits per heavy atom. The molecule has 0 radical (unpaired) electrons. The van der Waals surface area contributed by atoms with Crippen molar-refractivity contribution >= 4 is 10.4 Å². The Bertz CT molecular complexity index is 1990. The van der Waals surface area contributed by atoms with Crippen molar-refractivity contribution in [1.82, 2.24) is 0 Å². The molecule has 2 atom stereocenters. The molecule has 2 unspecified atom stereocenters. The van der Waals surface area contributed by atoms with E-state index in [4.69, 9.17) is 36.5 Å². The van der Waals surface area contributed by atoms with Gasteiger partial charge in [-0.25, -0.2) is 0 Å². The predicted octanol–water partition coefficient (Wildman–Crippen LogP) is 12.6. The third-order valence-electron chi connectivity index (χ3n) is 13.6. The summed E-state index contributed by atoms with van der Waals surface area (Å²) in [6.45, 7) is 49.9. The lowest BCUT2D eigenvalue weighted by Gasteiger charge is -2.38. The van der Waals surface area contributed by atoms with E-state index in [1.54, 1.807) is 0 Å². The summed E-state index contributed by atoms with van der Waals surface area (Å²) in [5.41, 5.74) is 5.83. The third kappa shape index (κ3) is 21.8. The number of hydrogen-bond donors (Lipinski definition) is 0. The zero-order chi connectivity index (χ0) is 52.5. The van der Waals surface area contributed by atoms with Gasteiger partial charge in [0, 0.05) is 10.4 Å². The van der Waals surface area contributed by atoms with Crippen molar-refractivity contribution in [2.45, 2.75) is 158 Å². The number of nitrogens with zero attached hydrogens (tertiary/aromatic N) is 2. The van der Waals surface area contributed by atoms with Crippen LogP contribution in [0, 0.1) is 0 Å². The molecule has 11 heteroatoms. The van der Waals surface area contributed by atoms with Gasteiger partial charge in [0.2, 0.25) is 0 Å². The van der Waals surface area contributed by atoms with Crippen molar-refractivity contribution in [1.29, 1.82) is 0 Å². The van der Waals surface area contributed by atoms with Gasteiger partial charge >= 0.3 is 0 Å². The van der Waals surface area contributed by atoms with E-state index >= 15 is 0 Å². The van der Waals surface area contributed by atoms with Gasteiger partial charge in [-0.15, -0.1) is 0 Å². The lowest BCUT2D eigenvalue weighted by Crippen LogP contribution is -2.54. The lowest BCUT2D eigenvalue weighted by molar-refractivity contribution is -0.925. The van der Waals surface area contributed by atoms with Crippen LogP contribution < -0.4 is 18.9 Å². The van der Waals surface area contributed by atoms with Gasteiger partial charge in [0.05, 0.1) is 39.3 Å². The van der Waals surface area contributed by atoms with Crippen LogP contribution in [0.15, 0.2) is 97.1 Å². The van der Waals surface area contributed by atoms with E-state index in [9.17, 15) is 0 Å². The van der Waals surface area contributed by atoms with E-state index in [-0.39, 0.29) is 33.9 Å². The van der Waals surface area contributed by atoms with Crippen LogP contribution >= 0.6 is 0 Å². The summed E-state index contributed by atoms with van der Waals surface area (Å²) >= 11 is 0. The predicted molar refractivity (Wildman–Crippen MR) is 284 cm³/mol. The number of quaternary nitrogens is 2. The molecule has 0 amide bonds. The van der Waals surface area contributed by atoms with E-state index in [0.717, 1.165) is 84.3 Å². The van der Waals surface area contributed by atoms with Gasteiger partial charge in [0.1, 0.15) is 49.3 Å². The van der Waals surface area contributed by atoms with Crippen molar-refractivity contribution in [3.8, 4) is 23.0 Å². The van der Waals surface area contributed by atoms with Crippen molar-refractivity contribution in [3.05, 3.63) is 119 Å². The molecular weight excluding hydrogens is 885 g/mol. The zero-order valence-electron chi connectivity index (χ0n) is 46.0. The number of likely N-dealkylation sites (N-methyl/N-ethyl adjacent to an activating group) is 2. The van der Waals surface area contributed by atoms with Crippen molar-refractivity contribution in [3.63, 3.8) is 0 Å². The van der Waals surface area contributed by atoms with Crippen molar-refractivity contribution in [2.24, 2.45) is 0 Å². The quantitative estimate of drug-likeness (QED) is 0.0488. The normalized spacial score (nSPS) is 13.5. The highest BCUT2D eigenvalue weighted by atomic mass is 32.3. The molecule has 4 aromatic rings. The fraction of sp³-hybridized carbons (Fsp3) is 0.586. The minimum absolute atomic E-state index is 0.0161. The van der Waals surface area contributed by atoms with Crippen LogP contribution in [0.25, 0.3) is 0 Å². The molecule has 0 saturated carbocycles. The van der Waals surface area contributed by atoms with Crippen LogP contribution in [0.3, 0.4) is 0 Å². The highest BCUT2D eigenvalue weighted by Crippen LogP contribution is 2.29. The lowest BCUT2D eigenvalue weighted by atomic mass is 9.87. The van der Waals surface area contributed by atoms with Crippen LogP contribution in [0.5, 0.6) is 23.0 Å². The Kier molecular flexibility index (Phi) is 23.3. The average Bonchev–Trinajstić information content (AvgIpc) is 3.27. The molecule has 0 fully saturated rings. The maximum atomic E-state index is 8.52. The van der Waals surface area contributed by atoms with Gasteiger partial charge in [-0.1, -0.05) is 132 Å². The Morgan fingerprint density at radius 3 is 0.754 bits per heavy atom. The van der Waals surface area contributed by atoms with E-state index in [1.807, 2.05) is 0 Å². The third-order valence-corrected chi connectivity index (χ3v) is 13.6. The highest BCUT2D eigenvalue weighted by Gasteiger charge is 2.30. The summed E-state index contributed by atoms with van der Waals surface area (Å²) in [6, 6.07) is 34.1. The first-order valence-corrected chi connectivity index (χ1v) is 26.6. The van der Waals surface area contributed by atoms with E-state index in [2.05, 4.69) is 222 Å². The first-order chi connectivity index (χ1) is 31.8. The molecule has 0 heterocycles. The minimum Gasteiger partial charge on any atom is -0.759 e. The van der Waals surface area contributed by atoms with Gasteiger partial charge in [-0.2, -0.15) is 0 Å². The molecule has 69 heavy (non-hydrogen) atoms. The Balaban J connectivity index is 0.000000431. The molecule has 0 aromatic heterocycles. The summed E-state index contributed by atoms with van der Waals surface area (Å²) in [6.07, 6.45) is -0.0322. The Morgan fingerprint density at radius 1 is 0.391 bits per heavy atom. The van der Waals surface area contributed by atoms with Crippen LogP contribution in [0.1, 0.15) is 147 Å². The number of rotatable bonds is 20. The first-order valence-electron chi connectivity index (χ1n) is 25.2. The molecular formula is C58H92N2O8S. The SMILES string of the molecule is CC[N+](CC)(CC)CC(COc1ccc(C(C)(C)C)cc1)Oc1ccc(C(C)(C)C)cc1.CC[N+](CC)(CC)CC(COc1ccc(C(C)(C)C)cc1)Oc1ccc(C(C)(C)C)cc1.O=S(=O)([O-])[O-]. The van der Waals surface area contributed by atoms with Gasteiger partial charge in [-0.05, 0) is 134 Å². The summed E-state index contributed by atoms with van der Waals surface area (Å²) < 4.78 is 61.6. The number of hydrogen-bond acceptors (Lipinski definition) is 8. The van der Waals surface area contributed by atoms with Gasteiger partial charge < -0.3 is 37.0 Å². The highest BCUT2D eigenvalue weighted by molar-refractivity contribution is 7.79. The van der Waals surface area contributed by atoms with E-state index in [0.29, 0.717) is 13.2 Å². The second kappa shape index (κ2) is 26.4. The molecule has 0 N–H and O–H groups in total. The average molecular weight is 977 g/mol. The van der Waals surface area contributed by atoms with Crippen LogP contribution in [0.4, 0.5) is 0 Å². The minimum atomic E-state index is -5.17. The zero-order valence-corrected chi connectivity index (χ0v) is 46.8. The van der Waals surface area contributed by atoms with Gasteiger partial charge in [0.25, 0.3) is 0 Å². The smallest absolute Gasteiger partial charge is 0.181 e. The molecule has 0 aliphatic carbocycles. The first kappa shape index (κ1) is 61.0. The van der Waals surface area contributed by atoms with Crippen LogP contribution in [0.2, 0.25) is 0 Å². The van der Waals surface area contributed by atoms with Gasteiger partial charge in [-0.3, -0.25) is 8.42 Å². The summed E-state index contributed by atoms with van der Waals surface area (Å²) in [7, 11) is -5.17. The largest absolute Gasteiger partial charge is 0.759 e. The molecule has 0 bridgehead atoms. The van der Waals surface area contributed by atoms with E-state index in [1.165, 1.54) is 22.3 Å². The summed E-state index contributed by atoms with van der Waals surface area (Å²) in [5.74, 6) is 3.63. The fourth-order valence-electron chi connectivity index (χ4n) is 8.16. The maximum Gasteiger partial charge on any atom is 0.181 e. The molecule has 0 saturated heterocycles. The fourth-order valence-corrected chi connectivity index (χ4v) is 8.16. The molecule has 388 valence electrons.